The quantitative estimate of drug-likeness (QED) is 0.293. The van der Waals surface area contributed by atoms with E-state index in [1.54, 1.807) is 18.2 Å². The third kappa shape index (κ3) is 3.97. The van der Waals surface area contributed by atoms with Crippen molar-refractivity contribution in [2.45, 2.75) is 19.3 Å². The Bertz CT molecular complexity index is 1440. The van der Waals surface area contributed by atoms with E-state index in [9.17, 15) is 4.79 Å². The van der Waals surface area contributed by atoms with Gasteiger partial charge in [0.25, 0.3) is 0 Å². The Kier molecular flexibility index (Phi) is 5.68. The van der Waals surface area contributed by atoms with Crippen LogP contribution in [0.4, 0.5) is 5.69 Å². The standard InChI is InChI=1S/C29H23ClN2O2/c1-19-13-14-20(27-31-25-18-23(30)15-16-26(25)34-27)17-24(19)32-28(33)29(2,21-9-5-3-6-10-21)22-11-7-4-8-12-22/h3-18H,1-2H3,(H,32,33). The molecule has 0 aliphatic rings. The SMILES string of the molecule is Cc1ccc(-c2nc3cc(Cl)ccc3o2)cc1NC(=O)C(C)(c1ccccc1)c1ccccc1. The molecule has 0 bridgehead atoms. The maximum absolute atomic E-state index is 13.8. The molecule has 34 heavy (non-hydrogen) atoms. The molecule has 1 N–H and O–H groups in total. The Morgan fingerprint density at radius 3 is 2.18 bits per heavy atom. The summed E-state index contributed by atoms with van der Waals surface area (Å²) in [4.78, 5) is 18.4. The van der Waals surface area contributed by atoms with E-state index in [1.807, 2.05) is 92.7 Å². The monoisotopic (exact) mass is 466 g/mol. The molecule has 0 spiro atoms. The van der Waals surface area contributed by atoms with Crippen LogP contribution in [0, 0.1) is 6.92 Å². The summed E-state index contributed by atoms with van der Waals surface area (Å²) in [7, 11) is 0. The van der Waals surface area contributed by atoms with Gasteiger partial charge in [-0.15, -0.1) is 0 Å². The third-order valence-corrected chi connectivity index (χ3v) is 6.47. The fourth-order valence-corrected chi connectivity index (χ4v) is 4.30. The van der Waals surface area contributed by atoms with Gasteiger partial charge in [-0.2, -0.15) is 0 Å². The van der Waals surface area contributed by atoms with Crippen molar-refractivity contribution in [3.05, 3.63) is 119 Å². The molecule has 0 saturated carbocycles. The number of carbonyl (C=O) groups excluding carboxylic acids is 1. The summed E-state index contributed by atoms with van der Waals surface area (Å²) < 4.78 is 5.93. The number of aryl methyl sites for hydroxylation is 1. The average Bonchev–Trinajstić information content (AvgIpc) is 3.29. The highest BCUT2D eigenvalue weighted by Crippen LogP contribution is 2.35. The molecule has 1 aromatic heterocycles. The van der Waals surface area contributed by atoms with Crippen molar-refractivity contribution >= 4 is 34.3 Å². The first kappa shape index (κ1) is 21.9. The number of hydrogen-bond acceptors (Lipinski definition) is 3. The second-order valence-electron chi connectivity index (χ2n) is 8.47. The lowest BCUT2D eigenvalue weighted by molar-refractivity contribution is -0.119. The molecule has 5 heteroatoms. The molecule has 0 fully saturated rings. The number of oxazole rings is 1. The molecular weight excluding hydrogens is 444 g/mol. The number of hydrogen-bond donors (Lipinski definition) is 1. The van der Waals surface area contributed by atoms with Crippen LogP contribution in [0.15, 0.2) is 101 Å². The minimum Gasteiger partial charge on any atom is -0.436 e. The first-order chi connectivity index (χ1) is 16.4. The lowest BCUT2D eigenvalue weighted by Crippen LogP contribution is -2.38. The van der Waals surface area contributed by atoms with Crippen LogP contribution < -0.4 is 5.32 Å². The molecule has 4 nitrogen and oxygen atoms in total. The minimum atomic E-state index is -0.876. The van der Waals surface area contributed by atoms with Gasteiger partial charge in [-0.25, -0.2) is 4.98 Å². The Hall–Kier alpha value is -3.89. The number of anilines is 1. The van der Waals surface area contributed by atoms with Crippen molar-refractivity contribution in [2.24, 2.45) is 0 Å². The second-order valence-corrected chi connectivity index (χ2v) is 8.91. The van der Waals surface area contributed by atoms with E-state index in [4.69, 9.17) is 16.0 Å². The van der Waals surface area contributed by atoms with Crippen molar-refractivity contribution in [1.82, 2.24) is 4.98 Å². The predicted molar refractivity (Wildman–Crippen MR) is 137 cm³/mol. The van der Waals surface area contributed by atoms with Crippen LogP contribution in [0.1, 0.15) is 23.6 Å². The number of nitrogens with zero attached hydrogens (tertiary/aromatic N) is 1. The fourth-order valence-electron chi connectivity index (χ4n) is 4.13. The van der Waals surface area contributed by atoms with E-state index in [1.165, 1.54) is 0 Å². The molecule has 0 aliphatic carbocycles. The first-order valence-electron chi connectivity index (χ1n) is 11.0. The van der Waals surface area contributed by atoms with Gasteiger partial charge in [-0.05, 0) is 60.9 Å². The number of fused-ring (bicyclic) bond motifs is 1. The maximum atomic E-state index is 13.8. The number of rotatable bonds is 5. The number of nitrogens with one attached hydrogen (secondary N) is 1. The summed E-state index contributed by atoms with van der Waals surface area (Å²) in [6.45, 7) is 3.92. The summed E-state index contributed by atoms with van der Waals surface area (Å²) in [6.07, 6.45) is 0. The normalized spacial score (nSPS) is 11.5. The van der Waals surface area contributed by atoms with Crippen molar-refractivity contribution in [2.75, 3.05) is 5.32 Å². The largest absolute Gasteiger partial charge is 0.436 e. The zero-order chi connectivity index (χ0) is 23.7. The van der Waals surface area contributed by atoms with Crippen molar-refractivity contribution in [1.29, 1.82) is 0 Å². The van der Waals surface area contributed by atoms with E-state index >= 15 is 0 Å². The molecule has 5 aromatic rings. The van der Waals surface area contributed by atoms with E-state index in [2.05, 4.69) is 10.3 Å². The van der Waals surface area contributed by atoms with Gasteiger partial charge >= 0.3 is 0 Å². The number of amides is 1. The summed E-state index contributed by atoms with van der Waals surface area (Å²) in [5.74, 6) is 0.358. The van der Waals surface area contributed by atoms with Crippen LogP contribution in [0.25, 0.3) is 22.6 Å². The highest BCUT2D eigenvalue weighted by atomic mass is 35.5. The maximum Gasteiger partial charge on any atom is 0.239 e. The number of carbonyl (C=O) groups is 1. The summed E-state index contributed by atoms with van der Waals surface area (Å²) >= 11 is 6.09. The summed E-state index contributed by atoms with van der Waals surface area (Å²) in [6, 6.07) is 30.8. The van der Waals surface area contributed by atoms with Gasteiger partial charge in [0.15, 0.2) is 5.58 Å². The Morgan fingerprint density at radius 1 is 0.882 bits per heavy atom. The molecule has 1 heterocycles. The Labute approximate surface area is 203 Å². The fraction of sp³-hybridized carbons (Fsp3) is 0.103. The smallest absolute Gasteiger partial charge is 0.239 e. The average molecular weight is 467 g/mol. The van der Waals surface area contributed by atoms with Crippen LogP contribution in [0.2, 0.25) is 5.02 Å². The third-order valence-electron chi connectivity index (χ3n) is 6.24. The van der Waals surface area contributed by atoms with Crippen molar-refractivity contribution in [3.63, 3.8) is 0 Å². The molecule has 1 amide bonds. The minimum absolute atomic E-state index is 0.116. The number of halogens is 1. The van der Waals surface area contributed by atoms with Crippen LogP contribution in [0.5, 0.6) is 0 Å². The summed E-state index contributed by atoms with van der Waals surface area (Å²) in [5.41, 5.74) is 4.74. The van der Waals surface area contributed by atoms with Gasteiger partial charge < -0.3 is 9.73 Å². The molecule has 0 aliphatic heterocycles. The number of aromatic nitrogens is 1. The molecule has 168 valence electrons. The van der Waals surface area contributed by atoms with Crippen LogP contribution in [0.3, 0.4) is 0 Å². The molecule has 0 atom stereocenters. The zero-order valence-corrected chi connectivity index (χ0v) is 19.6. The van der Waals surface area contributed by atoms with Crippen LogP contribution >= 0.6 is 11.6 Å². The Balaban J connectivity index is 1.53. The molecule has 5 rings (SSSR count). The highest BCUT2D eigenvalue weighted by Gasteiger charge is 2.37. The zero-order valence-electron chi connectivity index (χ0n) is 18.9. The van der Waals surface area contributed by atoms with Gasteiger partial charge in [0.1, 0.15) is 5.52 Å². The number of benzene rings is 4. The first-order valence-corrected chi connectivity index (χ1v) is 11.4. The molecular formula is C29H23ClN2O2. The van der Waals surface area contributed by atoms with Crippen LogP contribution in [-0.4, -0.2) is 10.9 Å². The molecule has 4 aromatic carbocycles. The van der Waals surface area contributed by atoms with E-state index in [0.29, 0.717) is 27.7 Å². The van der Waals surface area contributed by atoms with Crippen molar-refractivity contribution in [3.8, 4) is 11.5 Å². The van der Waals surface area contributed by atoms with Crippen LogP contribution in [-0.2, 0) is 10.2 Å². The Morgan fingerprint density at radius 2 is 1.53 bits per heavy atom. The molecule has 0 unspecified atom stereocenters. The predicted octanol–water partition coefficient (Wildman–Crippen LogP) is 7.40. The summed E-state index contributed by atoms with van der Waals surface area (Å²) in [5, 5.41) is 3.77. The van der Waals surface area contributed by atoms with Crippen molar-refractivity contribution < 1.29 is 9.21 Å². The van der Waals surface area contributed by atoms with Gasteiger partial charge in [0.2, 0.25) is 11.8 Å². The van der Waals surface area contributed by atoms with E-state index in [-0.39, 0.29) is 5.91 Å². The van der Waals surface area contributed by atoms with E-state index < -0.39 is 5.41 Å². The van der Waals surface area contributed by atoms with E-state index in [0.717, 1.165) is 22.3 Å². The topological polar surface area (TPSA) is 55.1 Å². The molecule has 0 saturated heterocycles. The van der Waals surface area contributed by atoms with Gasteiger partial charge in [0.05, 0.1) is 5.41 Å². The van der Waals surface area contributed by atoms with Gasteiger partial charge in [-0.3, -0.25) is 4.79 Å². The van der Waals surface area contributed by atoms with Gasteiger partial charge in [0, 0.05) is 16.3 Å². The lowest BCUT2D eigenvalue weighted by atomic mass is 9.75. The lowest BCUT2D eigenvalue weighted by Gasteiger charge is -2.30. The highest BCUT2D eigenvalue weighted by molar-refractivity contribution is 6.31. The van der Waals surface area contributed by atoms with Gasteiger partial charge in [-0.1, -0.05) is 78.3 Å². The second kappa shape index (κ2) is 8.81. The molecule has 0 radical (unpaired) electrons.